The lowest BCUT2D eigenvalue weighted by atomic mass is 10.1. The SMILES string of the molecule is Cc1ccc(S(=O)(=O)N(CC(=O)Nc2c(F)cccc2F)c2cccc(C)c2C)cc1. The summed E-state index contributed by atoms with van der Waals surface area (Å²) in [7, 11) is -4.13. The van der Waals surface area contributed by atoms with Gasteiger partial charge in [-0.2, -0.15) is 0 Å². The third-order valence-corrected chi connectivity index (χ3v) is 6.74. The van der Waals surface area contributed by atoms with Crippen molar-refractivity contribution in [1.82, 2.24) is 0 Å². The van der Waals surface area contributed by atoms with Crippen molar-refractivity contribution in [2.24, 2.45) is 0 Å². The van der Waals surface area contributed by atoms with Crippen molar-refractivity contribution >= 4 is 27.3 Å². The Balaban J connectivity index is 2.03. The van der Waals surface area contributed by atoms with Crippen LogP contribution in [-0.4, -0.2) is 20.9 Å². The highest BCUT2D eigenvalue weighted by Crippen LogP contribution is 2.29. The van der Waals surface area contributed by atoms with Crippen molar-refractivity contribution in [3.63, 3.8) is 0 Å². The van der Waals surface area contributed by atoms with E-state index in [4.69, 9.17) is 0 Å². The monoisotopic (exact) mass is 444 g/mol. The highest BCUT2D eigenvalue weighted by molar-refractivity contribution is 7.92. The molecule has 0 unspecified atom stereocenters. The average Bonchev–Trinajstić information content (AvgIpc) is 2.72. The van der Waals surface area contributed by atoms with E-state index in [1.807, 2.05) is 19.9 Å². The highest BCUT2D eigenvalue weighted by Gasteiger charge is 2.29. The molecule has 0 atom stereocenters. The molecule has 0 aromatic heterocycles. The van der Waals surface area contributed by atoms with Gasteiger partial charge in [0.1, 0.15) is 23.9 Å². The largest absolute Gasteiger partial charge is 0.320 e. The van der Waals surface area contributed by atoms with Gasteiger partial charge in [0.25, 0.3) is 10.0 Å². The van der Waals surface area contributed by atoms with Crippen molar-refractivity contribution in [2.75, 3.05) is 16.2 Å². The number of aryl methyl sites for hydroxylation is 2. The maximum atomic E-state index is 13.9. The Labute approximate surface area is 180 Å². The Morgan fingerprint density at radius 1 is 0.903 bits per heavy atom. The van der Waals surface area contributed by atoms with Crippen LogP contribution in [0.5, 0.6) is 0 Å². The number of rotatable bonds is 6. The molecule has 5 nitrogen and oxygen atoms in total. The molecule has 1 N–H and O–H groups in total. The Morgan fingerprint density at radius 2 is 1.48 bits per heavy atom. The van der Waals surface area contributed by atoms with Crippen molar-refractivity contribution in [2.45, 2.75) is 25.7 Å². The second kappa shape index (κ2) is 8.85. The lowest BCUT2D eigenvalue weighted by Crippen LogP contribution is -2.38. The first-order valence-electron chi connectivity index (χ1n) is 9.50. The topological polar surface area (TPSA) is 66.5 Å². The van der Waals surface area contributed by atoms with Gasteiger partial charge in [-0.3, -0.25) is 9.10 Å². The quantitative estimate of drug-likeness (QED) is 0.598. The van der Waals surface area contributed by atoms with Gasteiger partial charge in [0.15, 0.2) is 0 Å². The number of para-hydroxylation sites is 1. The number of nitrogens with one attached hydrogen (secondary N) is 1. The van der Waals surface area contributed by atoms with Gasteiger partial charge in [-0.15, -0.1) is 0 Å². The summed E-state index contributed by atoms with van der Waals surface area (Å²) in [5.41, 5.74) is 2.07. The van der Waals surface area contributed by atoms with Crippen molar-refractivity contribution in [1.29, 1.82) is 0 Å². The van der Waals surface area contributed by atoms with Gasteiger partial charge >= 0.3 is 0 Å². The van der Waals surface area contributed by atoms with Crippen LogP contribution in [0, 0.1) is 32.4 Å². The number of hydrogen-bond donors (Lipinski definition) is 1. The number of nitrogens with zero attached hydrogens (tertiary/aromatic N) is 1. The van der Waals surface area contributed by atoms with Crippen LogP contribution in [0.15, 0.2) is 65.6 Å². The number of carbonyl (C=O) groups is 1. The minimum Gasteiger partial charge on any atom is -0.320 e. The van der Waals surface area contributed by atoms with Gasteiger partial charge in [0.2, 0.25) is 5.91 Å². The summed E-state index contributed by atoms with van der Waals surface area (Å²) < 4.78 is 55.7. The Morgan fingerprint density at radius 3 is 2.10 bits per heavy atom. The van der Waals surface area contributed by atoms with Crippen molar-refractivity contribution in [3.05, 3.63) is 89.0 Å². The van der Waals surface area contributed by atoms with Gasteiger partial charge in [0.05, 0.1) is 10.6 Å². The summed E-state index contributed by atoms with van der Waals surface area (Å²) in [5.74, 6) is -2.78. The zero-order chi connectivity index (χ0) is 22.8. The van der Waals surface area contributed by atoms with E-state index in [1.165, 1.54) is 18.2 Å². The molecule has 0 radical (unpaired) electrons. The molecule has 31 heavy (non-hydrogen) atoms. The van der Waals surface area contributed by atoms with Crippen LogP contribution in [0.3, 0.4) is 0 Å². The van der Waals surface area contributed by atoms with E-state index in [-0.39, 0.29) is 4.90 Å². The van der Waals surface area contributed by atoms with Gasteiger partial charge in [-0.05, 0) is 62.2 Å². The molecule has 0 aliphatic carbocycles. The molecule has 0 saturated carbocycles. The summed E-state index contributed by atoms with van der Waals surface area (Å²) in [6, 6.07) is 14.5. The summed E-state index contributed by atoms with van der Waals surface area (Å²) in [4.78, 5) is 12.7. The molecule has 0 fully saturated rings. The van der Waals surface area contributed by atoms with Crippen molar-refractivity contribution < 1.29 is 22.0 Å². The first-order valence-corrected chi connectivity index (χ1v) is 10.9. The number of hydrogen-bond acceptors (Lipinski definition) is 3. The second-order valence-corrected chi connectivity index (χ2v) is 9.05. The smallest absolute Gasteiger partial charge is 0.264 e. The van der Waals surface area contributed by atoms with Crippen LogP contribution < -0.4 is 9.62 Å². The summed E-state index contributed by atoms with van der Waals surface area (Å²) in [6.45, 7) is 4.74. The van der Waals surface area contributed by atoms with Gasteiger partial charge < -0.3 is 5.32 Å². The van der Waals surface area contributed by atoms with Crippen LogP contribution >= 0.6 is 0 Å². The number of benzene rings is 3. The fraction of sp³-hybridized carbons (Fsp3) is 0.174. The first kappa shape index (κ1) is 22.4. The predicted molar refractivity (Wildman–Crippen MR) is 117 cm³/mol. The molecule has 0 saturated heterocycles. The molecule has 0 aliphatic rings. The van der Waals surface area contributed by atoms with Crippen molar-refractivity contribution in [3.8, 4) is 0 Å². The Kier molecular flexibility index (Phi) is 6.40. The molecular weight excluding hydrogens is 422 g/mol. The minimum atomic E-state index is -4.13. The molecule has 3 aromatic rings. The first-order chi connectivity index (χ1) is 14.6. The molecular formula is C23H22F2N2O3S. The lowest BCUT2D eigenvalue weighted by Gasteiger charge is -2.26. The molecule has 0 bridgehead atoms. The van der Waals surface area contributed by atoms with E-state index >= 15 is 0 Å². The van der Waals surface area contributed by atoms with E-state index in [2.05, 4.69) is 5.32 Å². The molecule has 3 rings (SSSR count). The number of anilines is 2. The average molecular weight is 445 g/mol. The minimum absolute atomic E-state index is 0.00359. The third-order valence-electron chi connectivity index (χ3n) is 4.97. The number of amides is 1. The Hall–Kier alpha value is -3.26. The van der Waals surface area contributed by atoms with Crippen LogP contribution in [-0.2, 0) is 14.8 Å². The third kappa shape index (κ3) is 4.74. The van der Waals surface area contributed by atoms with Crippen LogP contribution in [0.2, 0.25) is 0 Å². The van der Waals surface area contributed by atoms with Gasteiger partial charge in [0, 0.05) is 0 Å². The standard InChI is InChI=1S/C23H22F2N2O3S/c1-15-10-12-18(13-11-15)31(29,30)27(21-9-4-6-16(2)17(21)3)14-22(28)26-23-19(24)7-5-8-20(23)25/h4-13H,14H2,1-3H3,(H,26,28). The molecule has 1 amide bonds. The maximum absolute atomic E-state index is 13.9. The van der Waals surface area contributed by atoms with E-state index < -0.39 is 39.8 Å². The number of halogens is 2. The van der Waals surface area contributed by atoms with Crippen LogP contribution in [0.25, 0.3) is 0 Å². The molecule has 0 heterocycles. The molecule has 8 heteroatoms. The lowest BCUT2D eigenvalue weighted by molar-refractivity contribution is -0.114. The van der Waals surface area contributed by atoms with Crippen LogP contribution in [0.4, 0.5) is 20.2 Å². The van der Waals surface area contributed by atoms with Gasteiger partial charge in [-0.1, -0.05) is 35.9 Å². The second-order valence-electron chi connectivity index (χ2n) is 7.19. The summed E-state index contributed by atoms with van der Waals surface area (Å²) >= 11 is 0. The van der Waals surface area contributed by atoms with E-state index in [1.54, 1.807) is 31.2 Å². The highest BCUT2D eigenvalue weighted by atomic mass is 32.2. The number of sulfonamides is 1. The van der Waals surface area contributed by atoms with Gasteiger partial charge in [-0.25, -0.2) is 17.2 Å². The molecule has 0 spiro atoms. The fourth-order valence-electron chi connectivity index (χ4n) is 3.07. The fourth-order valence-corrected chi connectivity index (χ4v) is 4.55. The van der Waals surface area contributed by atoms with E-state index in [0.29, 0.717) is 11.3 Å². The van der Waals surface area contributed by atoms with E-state index in [9.17, 15) is 22.0 Å². The number of carbonyl (C=O) groups excluding carboxylic acids is 1. The Bertz CT molecular complexity index is 1210. The molecule has 3 aromatic carbocycles. The zero-order valence-electron chi connectivity index (χ0n) is 17.3. The maximum Gasteiger partial charge on any atom is 0.264 e. The molecule has 0 aliphatic heterocycles. The molecule has 162 valence electrons. The normalized spacial score (nSPS) is 11.3. The summed E-state index contributed by atoms with van der Waals surface area (Å²) in [5, 5.41) is 2.15. The zero-order valence-corrected chi connectivity index (χ0v) is 18.1. The predicted octanol–water partition coefficient (Wildman–Crippen LogP) is 4.72. The summed E-state index contributed by atoms with van der Waals surface area (Å²) in [6.07, 6.45) is 0. The van der Waals surface area contributed by atoms with E-state index in [0.717, 1.165) is 27.6 Å². The van der Waals surface area contributed by atoms with Crippen LogP contribution in [0.1, 0.15) is 16.7 Å².